The van der Waals surface area contributed by atoms with Crippen LogP contribution in [0.2, 0.25) is 0 Å². The summed E-state index contributed by atoms with van der Waals surface area (Å²) in [5.41, 5.74) is 0.230. The summed E-state index contributed by atoms with van der Waals surface area (Å²) in [5, 5.41) is 31.4. The molecule has 0 amide bonds. The topological polar surface area (TPSA) is 77.8 Å². The van der Waals surface area contributed by atoms with E-state index in [1.54, 1.807) is 0 Å². The molecule has 0 aromatic rings. The zero-order valence-electron chi connectivity index (χ0n) is 16.4. The van der Waals surface area contributed by atoms with Crippen molar-refractivity contribution in [2.45, 2.75) is 84.3 Å². The van der Waals surface area contributed by atoms with Crippen LogP contribution in [0.15, 0.2) is 11.6 Å². The van der Waals surface area contributed by atoms with E-state index in [9.17, 15) is 20.1 Å². The molecule has 0 spiro atoms. The van der Waals surface area contributed by atoms with Gasteiger partial charge in [0.15, 0.2) is 0 Å². The molecule has 0 radical (unpaired) electrons. The van der Waals surface area contributed by atoms with E-state index in [1.165, 1.54) is 5.57 Å². The van der Waals surface area contributed by atoms with E-state index in [2.05, 4.69) is 19.9 Å². The van der Waals surface area contributed by atoms with E-state index >= 15 is 0 Å². The fraction of sp³-hybridized carbons (Fsp3) is 0.864. The monoisotopic (exact) mass is 364 g/mol. The lowest BCUT2D eigenvalue weighted by atomic mass is 9.45. The van der Waals surface area contributed by atoms with Crippen molar-refractivity contribution in [2.75, 3.05) is 0 Å². The van der Waals surface area contributed by atoms with E-state index in [0.29, 0.717) is 30.6 Å². The number of fused-ring (bicyclic) bond motifs is 5. The second kappa shape index (κ2) is 5.81. The van der Waals surface area contributed by atoms with Crippen molar-refractivity contribution in [3.05, 3.63) is 11.6 Å². The highest BCUT2D eigenvalue weighted by Gasteiger charge is 2.66. The third-order valence-electron chi connectivity index (χ3n) is 9.60. The van der Waals surface area contributed by atoms with Crippen molar-refractivity contribution in [3.8, 4) is 0 Å². The van der Waals surface area contributed by atoms with Crippen molar-refractivity contribution in [3.63, 3.8) is 0 Å². The van der Waals surface area contributed by atoms with Crippen LogP contribution in [0.5, 0.6) is 0 Å². The molecule has 0 heterocycles. The number of hydrogen-bond acceptors (Lipinski definition) is 3. The maximum Gasteiger partial charge on any atom is 0.310 e. The van der Waals surface area contributed by atoms with Crippen LogP contribution >= 0.6 is 0 Å². The van der Waals surface area contributed by atoms with E-state index in [0.717, 1.165) is 38.5 Å². The van der Waals surface area contributed by atoms with Gasteiger partial charge in [-0.2, -0.15) is 0 Å². The zero-order valence-corrected chi connectivity index (χ0v) is 16.4. The highest BCUT2D eigenvalue weighted by atomic mass is 17.2. The molecule has 4 nitrogen and oxygen atoms in total. The molecule has 3 saturated carbocycles. The van der Waals surface area contributed by atoms with Gasteiger partial charge in [0.25, 0.3) is 0 Å². The van der Waals surface area contributed by atoms with Gasteiger partial charge in [0, 0.05) is 5.41 Å². The summed E-state index contributed by atoms with van der Waals surface area (Å²) < 4.78 is 0. The molecule has 146 valence electrons. The number of aliphatic hydroxyl groups excluding tert-OH is 2. The molecule has 3 N–H and O–H groups in total. The molecular weight excluding hydrogens is 330 g/mol. The van der Waals surface area contributed by atoms with Crippen LogP contribution in [0.1, 0.15) is 72.1 Å². The molecule has 0 aromatic heterocycles. The maximum atomic E-state index is 12.3. The zero-order chi connectivity index (χ0) is 18.9. The van der Waals surface area contributed by atoms with Crippen molar-refractivity contribution in [2.24, 2.45) is 34.0 Å². The minimum absolute atomic E-state index is 0.158. The lowest BCUT2D eigenvalue weighted by molar-refractivity contribution is -0.167. The minimum Gasteiger partial charge on any atom is -0.481 e. The normalized spacial score (nSPS) is 53.3. The first-order chi connectivity index (χ1) is 12.2. The van der Waals surface area contributed by atoms with Crippen LogP contribution in [0.3, 0.4) is 0 Å². The van der Waals surface area contributed by atoms with E-state index in [1.807, 2.05) is 6.92 Å². The molecule has 4 rings (SSSR count). The second-order valence-corrected chi connectivity index (χ2v) is 9.91. The van der Waals surface area contributed by atoms with E-state index in [-0.39, 0.29) is 10.8 Å². The minimum atomic E-state index is -0.698. The summed E-state index contributed by atoms with van der Waals surface area (Å²) in [5.74, 6) is 0.565. The van der Waals surface area contributed by atoms with Gasteiger partial charge in [-0.1, -0.05) is 32.4 Å². The first-order valence-corrected chi connectivity index (χ1v) is 10.5. The van der Waals surface area contributed by atoms with Crippen LogP contribution in [-0.2, 0) is 4.79 Å². The summed E-state index contributed by atoms with van der Waals surface area (Å²) in [6.45, 7) is 6.42. The van der Waals surface area contributed by atoms with Crippen LogP contribution in [0, 0.1) is 34.0 Å². The average Bonchev–Trinajstić information content (AvgIpc) is 2.92. The van der Waals surface area contributed by atoms with E-state index < -0.39 is 23.6 Å². The number of carbonyl (C=O) groups is 1. The number of hydrogen-bond donors (Lipinski definition) is 3. The van der Waals surface area contributed by atoms with Crippen molar-refractivity contribution in [1.82, 2.24) is 0 Å². The van der Waals surface area contributed by atoms with Crippen molar-refractivity contribution >= 4 is 5.97 Å². The third-order valence-corrected chi connectivity index (χ3v) is 9.60. The van der Waals surface area contributed by atoms with Crippen LogP contribution in [0.4, 0.5) is 0 Å². The fourth-order valence-electron chi connectivity index (χ4n) is 7.96. The first-order valence-electron chi connectivity index (χ1n) is 10.5. The maximum absolute atomic E-state index is 12.3. The average molecular weight is 365 g/mol. The molecule has 0 aromatic carbocycles. The number of carboxylic acid groups (broad SMARTS) is 1. The smallest absolute Gasteiger partial charge is 0.310 e. The predicted octanol–water partition coefficient (Wildman–Crippen LogP) is 3.76. The number of allylic oxidation sites excluding steroid dienone is 1. The number of rotatable bonds is 2. The molecule has 0 aliphatic heterocycles. The predicted molar refractivity (Wildman–Crippen MR) is 99.5 cm³/mol. The molecule has 4 heteroatoms. The SMILES string of the molecule is CC[C@@]1(C(=O)O)CC[C@H]2[C@@H]3CC=C4CCC([17OH])C([17OH])[C@]4(C)[C@H]3CC[C@@]21C. The summed E-state index contributed by atoms with van der Waals surface area (Å²) in [6, 6.07) is 0. The van der Waals surface area contributed by atoms with Crippen LogP contribution in [0.25, 0.3) is 0 Å². The van der Waals surface area contributed by atoms with Crippen LogP contribution < -0.4 is 0 Å². The number of carboxylic acids is 1. The number of aliphatic hydroxyl groups is 2. The van der Waals surface area contributed by atoms with Gasteiger partial charge < -0.3 is 15.3 Å². The van der Waals surface area contributed by atoms with Gasteiger partial charge in [-0.05, 0) is 74.5 Å². The Morgan fingerprint density at radius 3 is 2.54 bits per heavy atom. The van der Waals surface area contributed by atoms with Crippen molar-refractivity contribution in [1.29, 1.82) is 0 Å². The standard InChI is InChI=1S/C22H34O4/c1-4-22(19(25)26)12-10-15-14-7-5-13-6-8-17(23)18(24)21(13,3)16(14)9-11-20(15,22)2/h5,14-18,23-24H,4,6-12H2,1-3H3,(H,25,26)/t14-,15-,16-,17?,18?,20-,21-,22-/m0/s1/i23+1,24+1. The second-order valence-electron chi connectivity index (χ2n) is 9.91. The number of aliphatic carboxylic acids is 1. The molecule has 26 heavy (non-hydrogen) atoms. The Morgan fingerprint density at radius 1 is 1.19 bits per heavy atom. The van der Waals surface area contributed by atoms with Gasteiger partial charge in [-0.3, -0.25) is 4.79 Å². The van der Waals surface area contributed by atoms with Gasteiger partial charge in [-0.15, -0.1) is 0 Å². The van der Waals surface area contributed by atoms with Gasteiger partial charge in [0.2, 0.25) is 0 Å². The molecule has 4 aliphatic carbocycles. The molecule has 2 unspecified atom stereocenters. The summed E-state index contributed by atoms with van der Waals surface area (Å²) in [6.07, 6.45) is 7.89. The van der Waals surface area contributed by atoms with Gasteiger partial charge in [-0.25, -0.2) is 0 Å². The highest BCUT2D eigenvalue weighted by Crippen LogP contribution is 2.70. The quantitative estimate of drug-likeness (QED) is 0.652. The molecule has 4 aliphatic rings. The fourth-order valence-corrected chi connectivity index (χ4v) is 7.96. The van der Waals surface area contributed by atoms with Gasteiger partial charge in [0.05, 0.1) is 17.6 Å². The Kier molecular flexibility index (Phi) is 4.13. The Labute approximate surface area is 156 Å². The molecule has 3 fully saturated rings. The summed E-state index contributed by atoms with van der Waals surface area (Å²) in [4.78, 5) is 12.3. The Balaban J connectivity index is 1.73. The lowest BCUT2D eigenvalue weighted by Gasteiger charge is -2.60. The summed E-state index contributed by atoms with van der Waals surface area (Å²) in [7, 11) is 0. The Morgan fingerprint density at radius 2 is 1.88 bits per heavy atom. The Hall–Kier alpha value is -0.870. The molecule has 0 saturated heterocycles. The lowest BCUT2D eigenvalue weighted by Crippen LogP contribution is -2.58. The molecule has 0 bridgehead atoms. The Bertz CT molecular complexity index is 642. The van der Waals surface area contributed by atoms with Gasteiger partial charge in [0.1, 0.15) is 0 Å². The van der Waals surface area contributed by atoms with Crippen molar-refractivity contribution < 1.29 is 20.1 Å². The molecular formula is C22H34O4. The summed E-state index contributed by atoms with van der Waals surface area (Å²) >= 11 is 0. The third kappa shape index (κ3) is 2.01. The largest absolute Gasteiger partial charge is 0.481 e. The van der Waals surface area contributed by atoms with Gasteiger partial charge >= 0.3 is 5.97 Å². The van der Waals surface area contributed by atoms with E-state index in [4.69, 9.17) is 0 Å². The van der Waals surface area contributed by atoms with Crippen LogP contribution in [-0.4, -0.2) is 33.5 Å². The first kappa shape index (κ1) is 18.5. The highest BCUT2D eigenvalue weighted by molar-refractivity contribution is 5.76. The molecule has 8 atom stereocenters.